The van der Waals surface area contributed by atoms with Gasteiger partial charge in [-0.05, 0) is 18.1 Å². The summed E-state index contributed by atoms with van der Waals surface area (Å²) in [5.41, 5.74) is 4.38. The number of hydrogen-bond acceptors (Lipinski definition) is 1. The van der Waals surface area contributed by atoms with E-state index in [2.05, 4.69) is 0 Å². The van der Waals surface area contributed by atoms with Crippen LogP contribution in [0.2, 0.25) is 0 Å². The summed E-state index contributed by atoms with van der Waals surface area (Å²) in [7, 11) is 0. The Morgan fingerprint density at radius 3 is 2.31 bits per heavy atom. The third-order valence-electron chi connectivity index (χ3n) is 2.05. The Morgan fingerprint density at radius 1 is 1.19 bits per heavy atom. The fourth-order valence-electron chi connectivity index (χ4n) is 1.24. The van der Waals surface area contributed by atoms with Crippen molar-refractivity contribution in [2.45, 2.75) is 25.1 Å². The third-order valence-corrected chi connectivity index (χ3v) is 2.05. The van der Waals surface area contributed by atoms with Crippen molar-refractivity contribution in [1.82, 2.24) is 0 Å². The van der Waals surface area contributed by atoms with Crippen molar-refractivity contribution >= 4 is 0 Å². The maximum atomic E-state index is 12.3. The van der Waals surface area contributed by atoms with Crippen LogP contribution in [-0.4, -0.2) is 12.5 Å². The highest BCUT2D eigenvalue weighted by atomic mass is 19.4. The standard InChI is InChI=1S/C10H10F5N/c11-9(12)8(16)5-6-2-1-3-7(4-6)10(13,14)15/h1-4,8-9H,5,16H2. The first-order chi connectivity index (χ1) is 7.30. The highest BCUT2D eigenvalue weighted by molar-refractivity contribution is 5.26. The normalized spacial score (nSPS) is 14.2. The molecule has 1 atom stereocenters. The largest absolute Gasteiger partial charge is 0.416 e. The number of halogens is 5. The Hall–Kier alpha value is -1.17. The molecule has 0 heterocycles. The average Bonchev–Trinajstić information content (AvgIpc) is 2.16. The first kappa shape index (κ1) is 12.9. The van der Waals surface area contributed by atoms with Crippen LogP contribution in [-0.2, 0) is 12.6 Å². The van der Waals surface area contributed by atoms with Crippen molar-refractivity contribution in [3.63, 3.8) is 0 Å². The Balaban J connectivity index is 2.83. The first-order valence-corrected chi connectivity index (χ1v) is 4.50. The van der Waals surface area contributed by atoms with Crippen LogP contribution >= 0.6 is 0 Å². The summed E-state index contributed by atoms with van der Waals surface area (Å²) in [6, 6.07) is 2.80. The summed E-state index contributed by atoms with van der Waals surface area (Å²) in [6.07, 6.45) is -7.48. The van der Waals surface area contributed by atoms with Gasteiger partial charge in [0.05, 0.1) is 11.6 Å². The van der Waals surface area contributed by atoms with Crippen LogP contribution in [0.1, 0.15) is 11.1 Å². The van der Waals surface area contributed by atoms with Gasteiger partial charge >= 0.3 is 6.18 Å². The van der Waals surface area contributed by atoms with Crippen molar-refractivity contribution in [1.29, 1.82) is 0 Å². The molecular formula is C10H10F5N. The van der Waals surface area contributed by atoms with Crippen LogP contribution < -0.4 is 5.73 Å². The smallest absolute Gasteiger partial charge is 0.323 e. The monoisotopic (exact) mass is 239 g/mol. The predicted octanol–water partition coefficient (Wildman–Crippen LogP) is 2.84. The van der Waals surface area contributed by atoms with Gasteiger partial charge in [-0.3, -0.25) is 0 Å². The molecule has 0 saturated carbocycles. The van der Waals surface area contributed by atoms with E-state index in [-0.39, 0.29) is 12.0 Å². The second kappa shape index (κ2) is 4.78. The molecule has 2 N–H and O–H groups in total. The van der Waals surface area contributed by atoms with Crippen LogP contribution in [0, 0.1) is 0 Å². The molecule has 0 fully saturated rings. The molecule has 0 aliphatic carbocycles. The lowest BCUT2D eigenvalue weighted by Gasteiger charge is -2.12. The quantitative estimate of drug-likeness (QED) is 0.806. The molecule has 0 spiro atoms. The fraction of sp³-hybridized carbons (Fsp3) is 0.400. The summed E-state index contributed by atoms with van der Waals surface area (Å²) in [4.78, 5) is 0. The molecule has 0 radical (unpaired) electrons. The van der Waals surface area contributed by atoms with Gasteiger partial charge in [0.2, 0.25) is 0 Å². The minimum Gasteiger partial charge on any atom is -0.323 e. The molecule has 6 heteroatoms. The summed E-state index contributed by atoms with van der Waals surface area (Å²) >= 11 is 0. The Morgan fingerprint density at radius 2 is 1.81 bits per heavy atom. The lowest BCUT2D eigenvalue weighted by Crippen LogP contribution is -2.30. The summed E-state index contributed by atoms with van der Waals surface area (Å²) in [5.74, 6) is 0. The molecule has 0 bridgehead atoms. The summed E-state index contributed by atoms with van der Waals surface area (Å²) in [5, 5.41) is 0. The summed E-state index contributed by atoms with van der Waals surface area (Å²) in [6.45, 7) is 0. The molecule has 1 rings (SSSR count). The van der Waals surface area contributed by atoms with Gasteiger partial charge in [0.15, 0.2) is 0 Å². The number of rotatable bonds is 3. The third kappa shape index (κ3) is 3.44. The number of alkyl halides is 5. The predicted molar refractivity (Wildman–Crippen MR) is 49.1 cm³/mol. The molecule has 0 amide bonds. The van der Waals surface area contributed by atoms with Crippen LogP contribution in [0.5, 0.6) is 0 Å². The second-order valence-electron chi connectivity index (χ2n) is 3.40. The zero-order valence-corrected chi connectivity index (χ0v) is 8.14. The Kier molecular flexibility index (Phi) is 3.85. The average molecular weight is 239 g/mol. The van der Waals surface area contributed by atoms with Gasteiger partial charge in [0, 0.05) is 0 Å². The molecule has 0 aliphatic heterocycles. The van der Waals surface area contributed by atoms with E-state index in [1.165, 1.54) is 12.1 Å². The molecule has 0 saturated heterocycles. The maximum absolute atomic E-state index is 12.3. The molecule has 0 aromatic heterocycles. The van der Waals surface area contributed by atoms with Gasteiger partial charge in [-0.2, -0.15) is 13.2 Å². The lowest BCUT2D eigenvalue weighted by molar-refractivity contribution is -0.137. The van der Waals surface area contributed by atoms with Gasteiger partial charge in [-0.25, -0.2) is 8.78 Å². The van der Waals surface area contributed by atoms with E-state index in [0.717, 1.165) is 12.1 Å². The number of hydrogen-bond donors (Lipinski definition) is 1. The first-order valence-electron chi connectivity index (χ1n) is 4.50. The zero-order valence-electron chi connectivity index (χ0n) is 8.14. The molecule has 1 nitrogen and oxygen atoms in total. The maximum Gasteiger partial charge on any atom is 0.416 e. The van der Waals surface area contributed by atoms with Gasteiger partial charge in [0.1, 0.15) is 0 Å². The van der Waals surface area contributed by atoms with E-state index in [4.69, 9.17) is 5.73 Å². The van der Waals surface area contributed by atoms with Crippen molar-refractivity contribution in [2.75, 3.05) is 0 Å². The highest BCUT2D eigenvalue weighted by Crippen LogP contribution is 2.29. The van der Waals surface area contributed by atoms with Crippen LogP contribution in [0.4, 0.5) is 22.0 Å². The lowest BCUT2D eigenvalue weighted by atomic mass is 10.0. The van der Waals surface area contributed by atoms with Crippen molar-refractivity contribution < 1.29 is 22.0 Å². The molecule has 1 aromatic rings. The van der Waals surface area contributed by atoms with Gasteiger partial charge < -0.3 is 5.73 Å². The molecule has 0 aliphatic rings. The van der Waals surface area contributed by atoms with Gasteiger partial charge in [-0.1, -0.05) is 18.2 Å². The second-order valence-corrected chi connectivity index (χ2v) is 3.40. The fourth-order valence-corrected chi connectivity index (χ4v) is 1.24. The van der Waals surface area contributed by atoms with E-state index in [1.807, 2.05) is 0 Å². The minimum atomic E-state index is -4.47. The minimum absolute atomic E-state index is 0.155. The Bertz CT molecular complexity index is 347. The van der Waals surface area contributed by atoms with Crippen molar-refractivity contribution in [3.8, 4) is 0 Å². The van der Waals surface area contributed by atoms with Crippen molar-refractivity contribution in [3.05, 3.63) is 35.4 Å². The number of benzene rings is 1. The molecule has 90 valence electrons. The van der Waals surface area contributed by atoms with Gasteiger partial charge in [-0.15, -0.1) is 0 Å². The summed E-state index contributed by atoms with van der Waals surface area (Å²) < 4.78 is 61.1. The van der Waals surface area contributed by atoms with Crippen LogP contribution in [0.15, 0.2) is 24.3 Å². The van der Waals surface area contributed by atoms with Crippen LogP contribution in [0.3, 0.4) is 0 Å². The molecule has 16 heavy (non-hydrogen) atoms. The van der Waals surface area contributed by atoms with Crippen LogP contribution in [0.25, 0.3) is 0 Å². The molecule has 1 aromatic carbocycles. The highest BCUT2D eigenvalue weighted by Gasteiger charge is 2.30. The molecular weight excluding hydrogens is 229 g/mol. The topological polar surface area (TPSA) is 26.0 Å². The van der Waals surface area contributed by atoms with E-state index >= 15 is 0 Å². The van der Waals surface area contributed by atoms with Gasteiger partial charge in [0.25, 0.3) is 6.43 Å². The van der Waals surface area contributed by atoms with E-state index in [1.54, 1.807) is 0 Å². The molecule has 1 unspecified atom stereocenters. The van der Waals surface area contributed by atoms with E-state index < -0.39 is 24.2 Å². The Labute approximate surface area is 89.1 Å². The van der Waals surface area contributed by atoms with Crippen molar-refractivity contribution in [2.24, 2.45) is 5.73 Å². The van der Waals surface area contributed by atoms with E-state index in [0.29, 0.717) is 0 Å². The number of nitrogens with two attached hydrogens (primary N) is 1. The zero-order chi connectivity index (χ0) is 12.3. The SMILES string of the molecule is NC(Cc1cccc(C(F)(F)F)c1)C(F)F. The van der Waals surface area contributed by atoms with E-state index in [9.17, 15) is 22.0 Å².